The Labute approximate surface area is 103 Å². The molecule has 1 aliphatic carbocycles. The Balaban J connectivity index is 2.10. The predicted molar refractivity (Wildman–Crippen MR) is 68.5 cm³/mol. The first-order valence-electron chi connectivity index (χ1n) is 6.48. The summed E-state index contributed by atoms with van der Waals surface area (Å²) in [5, 5.41) is 0. The highest BCUT2D eigenvalue weighted by atomic mass is 16.1. The Morgan fingerprint density at radius 3 is 3.00 bits per heavy atom. The van der Waals surface area contributed by atoms with Gasteiger partial charge < -0.3 is 4.90 Å². The van der Waals surface area contributed by atoms with Gasteiger partial charge in [-0.25, -0.2) is 0 Å². The molecule has 2 nitrogen and oxygen atoms in total. The lowest BCUT2D eigenvalue weighted by molar-refractivity contribution is 0.0886. The number of fused-ring (bicyclic) bond motifs is 3. The minimum absolute atomic E-state index is 0.356. The molecule has 1 fully saturated rings. The van der Waals surface area contributed by atoms with Crippen LogP contribution in [-0.4, -0.2) is 30.8 Å². The van der Waals surface area contributed by atoms with Crippen LogP contribution in [0.1, 0.15) is 40.2 Å². The molecule has 1 saturated heterocycles. The molecule has 0 radical (unpaired) electrons. The minimum atomic E-state index is 0.356. The average molecular weight is 229 g/mol. The summed E-state index contributed by atoms with van der Waals surface area (Å²) in [6.07, 6.45) is 1.93. The number of piperidine rings is 1. The van der Waals surface area contributed by atoms with Gasteiger partial charge in [-0.05, 0) is 44.0 Å². The highest BCUT2D eigenvalue weighted by Crippen LogP contribution is 2.42. The summed E-state index contributed by atoms with van der Waals surface area (Å²) in [6, 6.07) is 6.16. The number of Topliss-reactive ketones (excluding diaryl/α,β-unsaturated/α-hetero) is 1. The van der Waals surface area contributed by atoms with Crippen LogP contribution in [0.2, 0.25) is 0 Å². The zero-order valence-corrected chi connectivity index (χ0v) is 10.6. The summed E-state index contributed by atoms with van der Waals surface area (Å²) in [7, 11) is 2.19. The van der Waals surface area contributed by atoms with Crippen molar-refractivity contribution in [3.63, 3.8) is 0 Å². The van der Waals surface area contributed by atoms with Crippen LogP contribution in [0.3, 0.4) is 0 Å². The van der Waals surface area contributed by atoms with Gasteiger partial charge in [0, 0.05) is 24.4 Å². The fourth-order valence-electron chi connectivity index (χ4n) is 3.50. The van der Waals surface area contributed by atoms with E-state index in [0.717, 1.165) is 25.1 Å². The number of hydrogen-bond donors (Lipinski definition) is 0. The van der Waals surface area contributed by atoms with Gasteiger partial charge in [0.05, 0.1) is 0 Å². The van der Waals surface area contributed by atoms with Crippen molar-refractivity contribution in [2.24, 2.45) is 5.92 Å². The number of likely N-dealkylation sites (tertiary alicyclic amines) is 1. The summed E-state index contributed by atoms with van der Waals surface area (Å²) in [4.78, 5) is 14.6. The number of carbonyl (C=O) groups is 1. The standard InChI is InChI=1S/C15H19NO/c1-10-4-3-5-12-14(17)8-11-6-7-16(2)9-13(11)15(10)12/h3-5,11,13H,6-9H2,1-2H3/t11-,13+/m0/s1. The van der Waals surface area contributed by atoms with Crippen molar-refractivity contribution in [2.45, 2.75) is 25.7 Å². The van der Waals surface area contributed by atoms with Gasteiger partial charge in [-0.1, -0.05) is 18.2 Å². The third-order valence-electron chi connectivity index (χ3n) is 4.40. The second-order valence-corrected chi connectivity index (χ2v) is 5.58. The van der Waals surface area contributed by atoms with Gasteiger partial charge in [0.25, 0.3) is 0 Å². The molecule has 0 amide bonds. The Morgan fingerprint density at radius 1 is 1.35 bits per heavy atom. The lowest BCUT2D eigenvalue weighted by Gasteiger charge is -2.41. The summed E-state index contributed by atoms with van der Waals surface area (Å²) in [6.45, 7) is 4.38. The number of aryl methyl sites for hydroxylation is 1. The van der Waals surface area contributed by atoms with Crippen LogP contribution in [0.5, 0.6) is 0 Å². The molecule has 1 heterocycles. The molecule has 2 heteroatoms. The number of rotatable bonds is 0. The van der Waals surface area contributed by atoms with Crippen LogP contribution >= 0.6 is 0 Å². The molecular weight excluding hydrogens is 210 g/mol. The quantitative estimate of drug-likeness (QED) is 0.681. The largest absolute Gasteiger partial charge is 0.306 e. The normalized spacial score (nSPS) is 28.7. The first-order valence-corrected chi connectivity index (χ1v) is 6.48. The van der Waals surface area contributed by atoms with E-state index >= 15 is 0 Å². The maximum Gasteiger partial charge on any atom is 0.163 e. The molecule has 0 saturated carbocycles. The van der Waals surface area contributed by atoms with E-state index < -0.39 is 0 Å². The lowest BCUT2D eigenvalue weighted by atomic mass is 9.70. The van der Waals surface area contributed by atoms with Crippen LogP contribution in [0.25, 0.3) is 0 Å². The van der Waals surface area contributed by atoms with Crippen molar-refractivity contribution >= 4 is 5.78 Å². The van der Waals surface area contributed by atoms with E-state index in [2.05, 4.69) is 24.9 Å². The van der Waals surface area contributed by atoms with E-state index in [-0.39, 0.29) is 0 Å². The summed E-state index contributed by atoms with van der Waals surface area (Å²) in [5.41, 5.74) is 3.61. The Hall–Kier alpha value is -1.15. The van der Waals surface area contributed by atoms with Crippen molar-refractivity contribution in [3.05, 3.63) is 34.9 Å². The third kappa shape index (κ3) is 1.71. The Kier molecular flexibility index (Phi) is 2.55. The highest BCUT2D eigenvalue weighted by molar-refractivity contribution is 5.99. The number of benzene rings is 1. The molecule has 0 spiro atoms. The fraction of sp³-hybridized carbons (Fsp3) is 0.533. The molecule has 1 aromatic rings. The molecule has 2 atom stereocenters. The monoisotopic (exact) mass is 229 g/mol. The van der Waals surface area contributed by atoms with Crippen LogP contribution in [0, 0.1) is 12.8 Å². The van der Waals surface area contributed by atoms with Gasteiger partial charge in [-0.15, -0.1) is 0 Å². The van der Waals surface area contributed by atoms with Gasteiger partial charge in [0.15, 0.2) is 5.78 Å². The van der Waals surface area contributed by atoms with Gasteiger partial charge in [-0.2, -0.15) is 0 Å². The predicted octanol–water partition coefficient (Wildman–Crippen LogP) is 2.62. The van der Waals surface area contributed by atoms with Gasteiger partial charge in [0.2, 0.25) is 0 Å². The van der Waals surface area contributed by atoms with Crippen molar-refractivity contribution in [1.29, 1.82) is 0 Å². The van der Waals surface area contributed by atoms with E-state index in [1.54, 1.807) is 0 Å². The van der Waals surface area contributed by atoms with Crippen LogP contribution < -0.4 is 0 Å². The van der Waals surface area contributed by atoms with Crippen molar-refractivity contribution in [1.82, 2.24) is 4.90 Å². The molecule has 1 aliphatic heterocycles. The fourth-order valence-corrected chi connectivity index (χ4v) is 3.50. The maximum atomic E-state index is 12.2. The van der Waals surface area contributed by atoms with Crippen LogP contribution in [-0.2, 0) is 0 Å². The molecule has 17 heavy (non-hydrogen) atoms. The zero-order valence-electron chi connectivity index (χ0n) is 10.6. The molecule has 0 unspecified atom stereocenters. The first kappa shape index (κ1) is 11.0. The Morgan fingerprint density at radius 2 is 2.18 bits per heavy atom. The van der Waals surface area contributed by atoms with E-state index in [4.69, 9.17) is 0 Å². The van der Waals surface area contributed by atoms with Crippen LogP contribution in [0.4, 0.5) is 0 Å². The number of hydrogen-bond acceptors (Lipinski definition) is 2. The van der Waals surface area contributed by atoms with Gasteiger partial charge in [0.1, 0.15) is 0 Å². The molecule has 90 valence electrons. The number of likely N-dealkylation sites (N-methyl/N-ethyl adjacent to an activating group) is 1. The second-order valence-electron chi connectivity index (χ2n) is 5.58. The highest BCUT2D eigenvalue weighted by Gasteiger charge is 2.37. The molecule has 0 aromatic heterocycles. The topological polar surface area (TPSA) is 20.3 Å². The van der Waals surface area contributed by atoms with E-state index in [9.17, 15) is 4.79 Å². The lowest BCUT2D eigenvalue weighted by Crippen LogP contribution is -2.40. The number of ketones is 1. The molecule has 2 aliphatic rings. The second kappa shape index (κ2) is 3.95. The van der Waals surface area contributed by atoms with E-state index in [1.165, 1.54) is 17.5 Å². The summed E-state index contributed by atoms with van der Waals surface area (Å²) in [5.74, 6) is 1.50. The van der Waals surface area contributed by atoms with Crippen molar-refractivity contribution in [2.75, 3.05) is 20.1 Å². The van der Waals surface area contributed by atoms with Gasteiger partial charge >= 0.3 is 0 Å². The molecule has 1 aromatic carbocycles. The van der Waals surface area contributed by atoms with Gasteiger partial charge in [-0.3, -0.25) is 4.79 Å². The zero-order chi connectivity index (χ0) is 12.0. The molecular formula is C15H19NO. The molecule has 3 rings (SSSR count). The van der Waals surface area contributed by atoms with E-state index in [1.807, 2.05) is 12.1 Å². The molecule has 0 bridgehead atoms. The Bertz CT molecular complexity index is 466. The summed E-state index contributed by atoms with van der Waals surface area (Å²) >= 11 is 0. The average Bonchev–Trinajstić information content (AvgIpc) is 2.30. The van der Waals surface area contributed by atoms with E-state index in [0.29, 0.717) is 17.6 Å². The van der Waals surface area contributed by atoms with Crippen molar-refractivity contribution < 1.29 is 4.79 Å². The third-order valence-corrected chi connectivity index (χ3v) is 4.40. The molecule has 0 N–H and O–H groups in total. The first-order chi connectivity index (χ1) is 8.16. The number of nitrogens with zero attached hydrogens (tertiary/aromatic N) is 1. The number of carbonyl (C=O) groups excluding carboxylic acids is 1. The maximum absolute atomic E-state index is 12.2. The van der Waals surface area contributed by atoms with Crippen LogP contribution in [0.15, 0.2) is 18.2 Å². The minimum Gasteiger partial charge on any atom is -0.306 e. The van der Waals surface area contributed by atoms with Crippen molar-refractivity contribution in [3.8, 4) is 0 Å². The smallest absolute Gasteiger partial charge is 0.163 e. The summed E-state index contributed by atoms with van der Waals surface area (Å²) < 4.78 is 0. The SMILES string of the molecule is Cc1cccc2c1[C@@H]1CN(C)CC[C@H]1CC2=O.